The molecule has 10 heteroatoms. The quantitative estimate of drug-likeness (QED) is 0.396. The van der Waals surface area contributed by atoms with Gasteiger partial charge in [0.25, 0.3) is 11.8 Å². The number of nitrogens with zero attached hydrogens (tertiary/aromatic N) is 1. The molecule has 0 saturated heterocycles. The van der Waals surface area contributed by atoms with Gasteiger partial charge in [0.1, 0.15) is 6.04 Å². The van der Waals surface area contributed by atoms with Crippen molar-refractivity contribution >= 4 is 41.3 Å². The summed E-state index contributed by atoms with van der Waals surface area (Å²) in [7, 11) is 1.54. The summed E-state index contributed by atoms with van der Waals surface area (Å²) in [5.41, 5.74) is 0.777. The van der Waals surface area contributed by atoms with Crippen LogP contribution in [0.1, 0.15) is 33.6 Å². The van der Waals surface area contributed by atoms with Crippen molar-refractivity contribution in [2.24, 2.45) is 0 Å². The number of benzene rings is 1. The van der Waals surface area contributed by atoms with Crippen LogP contribution in [0.25, 0.3) is 0 Å². The van der Waals surface area contributed by atoms with Crippen LogP contribution in [0.4, 0.5) is 10.5 Å². The molecule has 2 rings (SSSR count). The molecule has 28 heavy (non-hydrogen) atoms. The third-order valence-electron chi connectivity index (χ3n) is 4.17. The van der Waals surface area contributed by atoms with Crippen LogP contribution in [0.3, 0.4) is 0 Å². The summed E-state index contributed by atoms with van der Waals surface area (Å²) in [6, 6.07) is 2.69. The number of nitrogens with one attached hydrogen (secondary N) is 2. The number of aliphatic carboxylic acids is 1. The number of carboxylic acid groups (broad SMARTS) is 1. The molecule has 0 aliphatic carbocycles. The molecule has 0 spiro atoms. The van der Waals surface area contributed by atoms with E-state index in [0.717, 1.165) is 4.90 Å². The standard InChI is InChI=1S/C18H23N3O6S/c1-27-8-3-7-21-15(22)12-5-4-11(10-13(12)16(21)23)19-18(26)20-14(17(24)25)6-9-28-2/h4-5,10,14H,3,6-9H2,1-2H3,(H,24,25)(H2,19,20,26). The Morgan fingerprint density at radius 1 is 1.25 bits per heavy atom. The van der Waals surface area contributed by atoms with E-state index in [4.69, 9.17) is 4.74 Å². The lowest BCUT2D eigenvalue weighted by Gasteiger charge is -2.15. The number of hydrogen-bond donors (Lipinski definition) is 3. The summed E-state index contributed by atoms with van der Waals surface area (Å²) in [6.45, 7) is 0.681. The molecule has 1 aromatic carbocycles. The van der Waals surface area contributed by atoms with E-state index in [1.165, 1.54) is 30.0 Å². The number of amides is 4. The number of imide groups is 1. The minimum atomic E-state index is -1.12. The molecule has 1 aliphatic rings. The molecule has 0 aromatic heterocycles. The summed E-state index contributed by atoms with van der Waals surface area (Å²) in [4.78, 5) is 49.3. The lowest BCUT2D eigenvalue weighted by Crippen LogP contribution is -2.43. The molecule has 9 nitrogen and oxygen atoms in total. The minimum absolute atomic E-state index is 0.206. The Morgan fingerprint density at radius 3 is 2.61 bits per heavy atom. The average molecular weight is 409 g/mol. The third kappa shape index (κ3) is 5.23. The summed E-state index contributed by atoms with van der Waals surface area (Å²) in [6.07, 6.45) is 2.67. The fourth-order valence-electron chi connectivity index (χ4n) is 2.76. The predicted octanol–water partition coefficient (Wildman–Crippen LogP) is 1.65. The molecular weight excluding hydrogens is 386 g/mol. The van der Waals surface area contributed by atoms with Crippen LogP contribution >= 0.6 is 11.8 Å². The van der Waals surface area contributed by atoms with Gasteiger partial charge < -0.3 is 20.5 Å². The Bertz CT molecular complexity index is 770. The molecule has 0 radical (unpaired) electrons. The highest BCUT2D eigenvalue weighted by atomic mass is 32.2. The molecule has 152 valence electrons. The van der Waals surface area contributed by atoms with Crippen LogP contribution in [-0.4, -0.2) is 72.1 Å². The van der Waals surface area contributed by atoms with Gasteiger partial charge in [-0.2, -0.15) is 11.8 Å². The van der Waals surface area contributed by atoms with Gasteiger partial charge in [0, 0.05) is 25.9 Å². The lowest BCUT2D eigenvalue weighted by atomic mass is 10.1. The van der Waals surface area contributed by atoms with E-state index in [0.29, 0.717) is 24.5 Å². The Morgan fingerprint density at radius 2 is 1.96 bits per heavy atom. The van der Waals surface area contributed by atoms with E-state index < -0.39 is 23.9 Å². The van der Waals surface area contributed by atoms with Crippen LogP contribution < -0.4 is 10.6 Å². The molecule has 4 amide bonds. The maximum absolute atomic E-state index is 12.5. The van der Waals surface area contributed by atoms with Crippen molar-refractivity contribution in [2.75, 3.05) is 37.6 Å². The maximum Gasteiger partial charge on any atom is 0.326 e. The maximum atomic E-state index is 12.5. The molecule has 1 aliphatic heterocycles. The molecule has 1 unspecified atom stereocenters. The van der Waals surface area contributed by atoms with E-state index in [9.17, 15) is 24.3 Å². The summed E-state index contributed by atoms with van der Waals surface area (Å²) < 4.78 is 4.94. The number of hydrogen-bond acceptors (Lipinski definition) is 6. The first-order chi connectivity index (χ1) is 13.4. The fourth-order valence-corrected chi connectivity index (χ4v) is 3.23. The normalized spacial score (nSPS) is 14.0. The number of fused-ring (bicyclic) bond motifs is 1. The summed E-state index contributed by atoms with van der Waals surface area (Å²) in [5.74, 6) is -1.34. The first-order valence-electron chi connectivity index (χ1n) is 8.67. The topological polar surface area (TPSA) is 125 Å². The van der Waals surface area contributed by atoms with Gasteiger partial charge >= 0.3 is 12.0 Å². The molecule has 0 saturated carbocycles. The monoisotopic (exact) mass is 409 g/mol. The van der Waals surface area contributed by atoms with Crippen molar-refractivity contribution in [1.82, 2.24) is 10.2 Å². The number of carbonyl (C=O) groups is 4. The van der Waals surface area contributed by atoms with E-state index in [1.54, 1.807) is 7.11 Å². The van der Waals surface area contributed by atoms with Crippen molar-refractivity contribution in [1.29, 1.82) is 0 Å². The van der Waals surface area contributed by atoms with Crippen molar-refractivity contribution < 1.29 is 29.0 Å². The number of ether oxygens (including phenoxy) is 1. The van der Waals surface area contributed by atoms with Gasteiger partial charge in [0.15, 0.2) is 0 Å². The summed E-state index contributed by atoms with van der Waals surface area (Å²) >= 11 is 1.48. The van der Waals surface area contributed by atoms with Gasteiger partial charge in [-0.1, -0.05) is 0 Å². The number of anilines is 1. The van der Waals surface area contributed by atoms with Gasteiger partial charge in [0.2, 0.25) is 0 Å². The van der Waals surface area contributed by atoms with Gasteiger partial charge in [-0.25, -0.2) is 9.59 Å². The zero-order valence-corrected chi connectivity index (χ0v) is 16.5. The van der Waals surface area contributed by atoms with Crippen molar-refractivity contribution in [3.8, 4) is 0 Å². The highest BCUT2D eigenvalue weighted by Crippen LogP contribution is 2.26. The predicted molar refractivity (Wildman–Crippen MR) is 105 cm³/mol. The van der Waals surface area contributed by atoms with Crippen LogP contribution in [-0.2, 0) is 9.53 Å². The van der Waals surface area contributed by atoms with Crippen molar-refractivity contribution in [3.05, 3.63) is 29.3 Å². The Balaban J connectivity index is 2.04. The van der Waals surface area contributed by atoms with Crippen LogP contribution in [0.15, 0.2) is 18.2 Å². The highest BCUT2D eigenvalue weighted by Gasteiger charge is 2.35. The van der Waals surface area contributed by atoms with E-state index in [1.807, 2.05) is 6.26 Å². The lowest BCUT2D eigenvalue weighted by molar-refractivity contribution is -0.139. The molecule has 1 heterocycles. The SMILES string of the molecule is COCCCN1C(=O)c2ccc(NC(=O)NC(CCSC)C(=O)O)cc2C1=O. The van der Waals surface area contributed by atoms with Crippen LogP contribution in [0.2, 0.25) is 0 Å². The largest absolute Gasteiger partial charge is 0.480 e. The number of carboxylic acids is 1. The van der Waals surface area contributed by atoms with Gasteiger partial charge in [0.05, 0.1) is 11.1 Å². The van der Waals surface area contributed by atoms with Crippen molar-refractivity contribution in [2.45, 2.75) is 18.9 Å². The number of thioether (sulfide) groups is 1. The second-order valence-corrected chi connectivity index (χ2v) is 7.13. The number of urea groups is 1. The molecular formula is C18H23N3O6S. The highest BCUT2D eigenvalue weighted by molar-refractivity contribution is 7.98. The Labute approximate surface area is 166 Å². The second-order valence-electron chi connectivity index (χ2n) is 6.14. The third-order valence-corrected chi connectivity index (χ3v) is 4.82. The zero-order valence-electron chi connectivity index (χ0n) is 15.7. The minimum Gasteiger partial charge on any atom is -0.480 e. The smallest absolute Gasteiger partial charge is 0.326 e. The number of carbonyl (C=O) groups excluding carboxylic acids is 3. The van der Waals surface area contributed by atoms with Gasteiger partial charge in [-0.15, -0.1) is 0 Å². The van der Waals surface area contributed by atoms with E-state index >= 15 is 0 Å². The fraction of sp³-hybridized carbons (Fsp3) is 0.444. The number of methoxy groups -OCH3 is 1. The molecule has 1 aromatic rings. The zero-order chi connectivity index (χ0) is 20.7. The van der Waals surface area contributed by atoms with Crippen molar-refractivity contribution in [3.63, 3.8) is 0 Å². The molecule has 3 N–H and O–H groups in total. The second kappa shape index (κ2) is 10.1. The first kappa shape index (κ1) is 21.7. The van der Waals surface area contributed by atoms with E-state index in [-0.39, 0.29) is 30.0 Å². The number of rotatable bonds is 10. The summed E-state index contributed by atoms with van der Waals surface area (Å²) in [5, 5.41) is 14.1. The van der Waals surface area contributed by atoms with E-state index in [2.05, 4.69) is 10.6 Å². The van der Waals surface area contributed by atoms with Crippen LogP contribution in [0, 0.1) is 0 Å². The van der Waals surface area contributed by atoms with Crippen LogP contribution in [0.5, 0.6) is 0 Å². The molecule has 1 atom stereocenters. The van der Waals surface area contributed by atoms with Gasteiger partial charge in [-0.3, -0.25) is 14.5 Å². The molecule has 0 bridgehead atoms. The van der Waals surface area contributed by atoms with Gasteiger partial charge in [-0.05, 0) is 43.0 Å². The Kier molecular flexibility index (Phi) is 7.82. The first-order valence-corrected chi connectivity index (χ1v) is 10.1. The average Bonchev–Trinajstić information content (AvgIpc) is 2.89. The molecule has 0 fully saturated rings. The Hall–Kier alpha value is -2.59.